The summed E-state index contributed by atoms with van der Waals surface area (Å²) >= 11 is 3.48. The molecule has 0 saturated carbocycles. The molecule has 0 radical (unpaired) electrons. The third-order valence-electron chi connectivity index (χ3n) is 2.18. The first-order valence-corrected chi connectivity index (χ1v) is 6.20. The van der Waals surface area contributed by atoms with Gasteiger partial charge < -0.3 is 15.2 Å². The maximum absolute atomic E-state index is 5.57. The van der Waals surface area contributed by atoms with Crippen molar-refractivity contribution in [2.24, 2.45) is 5.73 Å². The molecule has 1 unspecified atom stereocenters. The Hall–Kier alpha value is -0.420. The highest BCUT2D eigenvalue weighted by atomic mass is 79.9. The molecule has 0 fully saturated rings. The van der Waals surface area contributed by atoms with Gasteiger partial charge >= 0.3 is 0 Å². The number of hydrogen-bond donors (Lipinski definition) is 1. The van der Waals surface area contributed by atoms with Gasteiger partial charge in [0, 0.05) is 17.6 Å². The number of benzene rings is 1. The van der Waals surface area contributed by atoms with Crippen LogP contribution in [0, 0.1) is 0 Å². The summed E-state index contributed by atoms with van der Waals surface area (Å²) in [5, 5.41) is 0. The molecular weight excluding hydrogens is 270 g/mol. The first kappa shape index (κ1) is 13.6. The molecule has 0 spiro atoms. The fraction of sp³-hybridized carbons (Fsp3) is 0.500. The summed E-state index contributed by atoms with van der Waals surface area (Å²) in [5.41, 5.74) is 6.69. The Morgan fingerprint density at radius 2 is 2.12 bits per heavy atom. The second kappa shape index (κ2) is 7.79. The van der Waals surface area contributed by atoms with Crippen molar-refractivity contribution in [2.75, 3.05) is 19.8 Å². The molecule has 0 aliphatic rings. The normalized spacial score (nSPS) is 12.7. The van der Waals surface area contributed by atoms with Gasteiger partial charge in [-0.15, -0.1) is 0 Å². The molecule has 1 aromatic carbocycles. The molecule has 0 amide bonds. The molecule has 3 nitrogen and oxygen atoms in total. The number of nitrogens with two attached hydrogens (primary N) is 1. The predicted octanol–water partition coefficient (Wildman–Crippen LogP) is 2.33. The molecule has 1 rings (SSSR count). The van der Waals surface area contributed by atoms with E-state index in [1.165, 1.54) is 0 Å². The van der Waals surface area contributed by atoms with Crippen LogP contribution in [0.2, 0.25) is 0 Å². The van der Waals surface area contributed by atoms with Gasteiger partial charge in [-0.25, -0.2) is 0 Å². The molecule has 0 heterocycles. The van der Waals surface area contributed by atoms with E-state index in [0.29, 0.717) is 26.4 Å². The zero-order valence-corrected chi connectivity index (χ0v) is 11.1. The van der Waals surface area contributed by atoms with Gasteiger partial charge in [0.1, 0.15) is 0 Å². The number of ether oxygens (including phenoxy) is 2. The molecule has 2 N–H and O–H groups in total. The molecular formula is C12H18BrNO2. The van der Waals surface area contributed by atoms with E-state index in [9.17, 15) is 0 Å². The van der Waals surface area contributed by atoms with Crippen LogP contribution in [-0.4, -0.2) is 25.9 Å². The molecule has 0 bridgehead atoms. The minimum atomic E-state index is -0.00696. The van der Waals surface area contributed by atoms with Crippen LogP contribution in [0.25, 0.3) is 0 Å². The fourth-order valence-corrected chi connectivity index (χ4v) is 1.73. The second-order valence-electron chi connectivity index (χ2n) is 3.42. The van der Waals surface area contributed by atoms with E-state index in [0.717, 1.165) is 10.0 Å². The second-order valence-corrected chi connectivity index (χ2v) is 4.27. The molecule has 16 heavy (non-hydrogen) atoms. The monoisotopic (exact) mass is 287 g/mol. The van der Waals surface area contributed by atoms with E-state index >= 15 is 0 Å². The van der Waals surface area contributed by atoms with Crippen molar-refractivity contribution in [3.63, 3.8) is 0 Å². The molecule has 0 aliphatic carbocycles. The van der Waals surface area contributed by atoms with E-state index in [-0.39, 0.29) is 6.10 Å². The highest BCUT2D eigenvalue weighted by Crippen LogP contribution is 2.16. The van der Waals surface area contributed by atoms with Crippen LogP contribution >= 0.6 is 15.9 Å². The molecule has 1 aromatic rings. The van der Waals surface area contributed by atoms with Crippen molar-refractivity contribution in [1.29, 1.82) is 0 Å². The van der Waals surface area contributed by atoms with Crippen molar-refractivity contribution in [3.8, 4) is 0 Å². The van der Waals surface area contributed by atoms with Gasteiger partial charge in [-0.3, -0.25) is 0 Å². The van der Waals surface area contributed by atoms with Gasteiger partial charge in [0.05, 0.1) is 19.3 Å². The van der Waals surface area contributed by atoms with Crippen LogP contribution < -0.4 is 5.73 Å². The van der Waals surface area contributed by atoms with Gasteiger partial charge in [0.15, 0.2) is 0 Å². The van der Waals surface area contributed by atoms with Crippen LogP contribution in [0.15, 0.2) is 28.7 Å². The Kier molecular flexibility index (Phi) is 6.64. The molecule has 90 valence electrons. The van der Waals surface area contributed by atoms with Crippen molar-refractivity contribution < 1.29 is 9.47 Å². The number of hydrogen-bond acceptors (Lipinski definition) is 3. The zero-order chi connectivity index (χ0) is 11.8. The van der Waals surface area contributed by atoms with Crippen LogP contribution in [0.5, 0.6) is 0 Å². The summed E-state index contributed by atoms with van der Waals surface area (Å²) in [4.78, 5) is 0. The third kappa shape index (κ3) is 4.61. The maximum Gasteiger partial charge on any atom is 0.0930 e. The van der Waals surface area contributed by atoms with E-state index in [4.69, 9.17) is 15.2 Å². The van der Waals surface area contributed by atoms with Gasteiger partial charge in [-0.1, -0.05) is 34.1 Å². The van der Waals surface area contributed by atoms with Crippen LogP contribution in [0.4, 0.5) is 0 Å². The summed E-state index contributed by atoms with van der Waals surface area (Å²) in [5.74, 6) is 0. The van der Waals surface area contributed by atoms with E-state index in [1.54, 1.807) is 0 Å². The standard InChI is InChI=1S/C12H18BrNO2/c1-2-16-11(7-14)9-15-8-10-5-3-4-6-12(10)13/h3-6,11H,2,7-9,14H2,1H3. The lowest BCUT2D eigenvalue weighted by atomic mass is 10.2. The molecule has 0 saturated heterocycles. The number of rotatable bonds is 7. The quantitative estimate of drug-likeness (QED) is 0.837. The minimum absolute atomic E-state index is 0.00696. The summed E-state index contributed by atoms with van der Waals surface area (Å²) in [7, 11) is 0. The predicted molar refractivity (Wildman–Crippen MR) is 68.3 cm³/mol. The molecule has 0 aliphatic heterocycles. The lowest BCUT2D eigenvalue weighted by Gasteiger charge is -2.15. The summed E-state index contributed by atoms with van der Waals surface area (Å²) < 4.78 is 12.0. The van der Waals surface area contributed by atoms with Crippen LogP contribution in [0.1, 0.15) is 12.5 Å². The summed E-state index contributed by atoms with van der Waals surface area (Å²) in [6.07, 6.45) is -0.00696. The lowest BCUT2D eigenvalue weighted by Crippen LogP contribution is -2.28. The highest BCUT2D eigenvalue weighted by Gasteiger charge is 2.06. The van der Waals surface area contributed by atoms with Crippen molar-refractivity contribution in [3.05, 3.63) is 34.3 Å². The van der Waals surface area contributed by atoms with Crippen molar-refractivity contribution >= 4 is 15.9 Å². The van der Waals surface area contributed by atoms with E-state index in [2.05, 4.69) is 15.9 Å². The average Bonchev–Trinajstić information content (AvgIpc) is 2.30. The topological polar surface area (TPSA) is 44.5 Å². The molecule has 4 heteroatoms. The Morgan fingerprint density at radius 1 is 1.38 bits per heavy atom. The summed E-state index contributed by atoms with van der Waals surface area (Å²) in [6.45, 7) is 4.22. The highest BCUT2D eigenvalue weighted by molar-refractivity contribution is 9.10. The largest absolute Gasteiger partial charge is 0.375 e. The average molecular weight is 288 g/mol. The van der Waals surface area contributed by atoms with Crippen LogP contribution in [-0.2, 0) is 16.1 Å². The zero-order valence-electron chi connectivity index (χ0n) is 9.49. The van der Waals surface area contributed by atoms with E-state index in [1.807, 2.05) is 31.2 Å². The SMILES string of the molecule is CCOC(CN)COCc1ccccc1Br. The lowest BCUT2D eigenvalue weighted by molar-refractivity contribution is -0.0121. The Morgan fingerprint density at radius 3 is 2.75 bits per heavy atom. The van der Waals surface area contributed by atoms with Gasteiger partial charge in [0.25, 0.3) is 0 Å². The summed E-state index contributed by atoms with van der Waals surface area (Å²) in [6, 6.07) is 8.01. The van der Waals surface area contributed by atoms with Gasteiger partial charge in [-0.05, 0) is 18.6 Å². The van der Waals surface area contributed by atoms with E-state index < -0.39 is 0 Å². The Balaban J connectivity index is 2.32. The first-order valence-electron chi connectivity index (χ1n) is 5.40. The van der Waals surface area contributed by atoms with Crippen molar-refractivity contribution in [1.82, 2.24) is 0 Å². The number of halogens is 1. The van der Waals surface area contributed by atoms with Crippen molar-refractivity contribution in [2.45, 2.75) is 19.6 Å². The minimum Gasteiger partial charge on any atom is -0.375 e. The molecule has 1 atom stereocenters. The Labute approximate surface area is 105 Å². The van der Waals surface area contributed by atoms with Crippen LogP contribution in [0.3, 0.4) is 0 Å². The molecule has 0 aromatic heterocycles. The fourth-order valence-electron chi connectivity index (χ4n) is 1.34. The maximum atomic E-state index is 5.57. The van der Waals surface area contributed by atoms with Gasteiger partial charge in [-0.2, -0.15) is 0 Å². The third-order valence-corrected chi connectivity index (χ3v) is 2.96. The Bertz CT molecular complexity index is 307. The first-order chi connectivity index (χ1) is 7.77. The smallest absolute Gasteiger partial charge is 0.0930 e. The van der Waals surface area contributed by atoms with Gasteiger partial charge in [0.2, 0.25) is 0 Å².